The van der Waals surface area contributed by atoms with E-state index >= 15 is 0 Å². The van der Waals surface area contributed by atoms with Gasteiger partial charge < -0.3 is 21.8 Å². The van der Waals surface area contributed by atoms with Crippen LogP contribution in [0.3, 0.4) is 0 Å². The largest absolute Gasteiger partial charge is 0.370 e. The number of guanidine groups is 2. The Morgan fingerprint density at radius 1 is 1.33 bits per heavy atom. The molecular formula is C8H15N7. The van der Waals surface area contributed by atoms with E-state index in [2.05, 4.69) is 15.0 Å². The Morgan fingerprint density at radius 3 is 2.73 bits per heavy atom. The van der Waals surface area contributed by atoms with E-state index in [0.29, 0.717) is 6.54 Å². The number of hydrogen-bond donors (Lipinski definition) is 3. The van der Waals surface area contributed by atoms with Gasteiger partial charge in [0.25, 0.3) is 0 Å². The van der Waals surface area contributed by atoms with E-state index in [1.807, 2.05) is 10.8 Å². The van der Waals surface area contributed by atoms with Crippen molar-refractivity contribution in [2.24, 2.45) is 27.2 Å². The normalized spacial score (nSPS) is 11.3. The van der Waals surface area contributed by atoms with Crippen molar-refractivity contribution < 1.29 is 0 Å². The van der Waals surface area contributed by atoms with Crippen molar-refractivity contribution >= 4 is 11.9 Å². The topological polar surface area (TPSA) is 121 Å². The maximum absolute atomic E-state index is 5.42. The van der Waals surface area contributed by atoms with Gasteiger partial charge in [-0.3, -0.25) is 4.99 Å². The van der Waals surface area contributed by atoms with Crippen LogP contribution in [0.5, 0.6) is 0 Å². The molecule has 1 rings (SSSR count). The maximum atomic E-state index is 5.42. The number of nitrogens with two attached hydrogens (primary N) is 3. The summed E-state index contributed by atoms with van der Waals surface area (Å²) < 4.78 is 1.96. The predicted octanol–water partition coefficient (Wildman–Crippen LogP) is -1.14. The lowest BCUT2D eigenvalue weighted by Gasteiger charge is -1.99. The molecule has 0 fully saturated rings. The molecule has 0 unspecified atom stereocenters. The summed E-state index contributed by atoms with van der Waals surface area (Å²) in [5.74, 6) is 0.0338. The minimum absolute atomic E-state index is 0.0779. The quantitative estimate of drug-likeness (QED) is 0.329. The summed E-state index contributed by atoms with van der Waals surface area (Å²) in [4.78, 5) is 11.5. The van der Waals surface area contributed by atoms with Crippen molar-refractivity contribution in [1.29, 1.82) is 0 Å². The highest BCUT2D eigenvalue weighted by Gasteiger charge is 1.91. The second kappa shape index (κ2) is 5.63. The summed E-state index contributed by atoms with van der Waals surface area (Å²) in [5.41, 5.74) is 15.7. The zero-order valence-corrected chi connectivity index (χ0v) is 8.37. The molecule has 0 bridgehead atoms. The SMILES string of the molecule is NC(N)=NC(N)=NCCCn1ccnc1. The number of aliphatic imine (C=N–C) groups is 2. The number of rotatable bonds is 4. The number of hydrogen-bond acceptors (Lipinski definition) is 2. The summed E-state index contributed by atoms with van der Waals surface area (Å²) >= 11 is 0. The van der Waals surface area contributed by atoms with Gasteiger partial charge in [0, 0.05) is 25.5 Å². The molecule has 1 aromatic rings. The Kier molecular flexibility index (Phi) is 4.14. The van der Waals surface area contributed by atoms with Gasteiger partial charge >= 0.3 is 0 Å². The Morgan fingerprint density at radius 2 is 2.13 bits per heavy atom. The summed E-state index contributed by atoms with van der Waals surface area (Å²) in [6.07, 6.45) is 6.24. The van der Waals surface area contributed by atoms with Crippen LogP contribution in [-0.4, -0.2) is 28.0 Å². The van der Waals surface area contributed by atoms with Gasteiger partial charge in [-0.15, -0.1) is 0 Å². The minimum atomic E-state index is -0.0779. The highest BCUT2D eigenvalue weighted by Crippen LogP contribution is 1.91. The standard InChI is InChI=1S/C8H15N7/c9-7(10)14-8(11)13-2-1-4-15-5-3-12-6-15/h3,5-6H,1-2,4H2,(H6,9,10,11,13,14). The first-order valence-corrected chi connectivity index (χ1v) is 4.54. The molecule has 82 valence electrons. The van der Waals surface area contributed by atoms with Crippen molar-refractivity contribution in [3.63, 3.8) is 0 Å². The summed E-state index contributed by atoms with van der Waals surface area (Å²) in [5, 5.41) is 0. The monoisotopic (exact) mass is 209 g/mol. The molecule has 0 aliphatic rings. The molecular weight excluding hydrogens is 194 g/mol. The third-order valence-corrected chi connectivity index (χ3v) is 1.65. The smallest absolute Gasteiger partial charge is 0.218 e. The molecule has 15 heavy (non-hydrogen) atoms. The fourth-order valence-corrected chi connectivity index (χ4v) is 1.03. The van der Waals surface area contributed by atoms with Crippen LogP contribution < -0.4 is 17.2 Å². The van der Waals surface area contributed by atoms with Crippen LogP contribution in [0, 0.1) is 0 Å². The van der Waals surface area contributed by atoms with Crippen LogP contribution in [0.2, 0.25) is 0 Å². The molecule has 0 atom stereocenters. The Balaban J connectivity index is 2.24. The van der Waals surface area contributed by atoms with Crippen molar-refractivity contribution in [2.45, 2.75) is 13.0 Å². The number of aromatic nitrogens is 2. The fraction of sp³-hybridized carbons (Fsp3) is 0.375. The Bertz CT molecular complexity index is 334. The molecule has 1 heterocycles. The molecule has 7 heteroatoms. The number of aryl methyl sites for hydroxylation is 1. The van der Waals surface area contributed by atoms with Gasteiger partial charge in [0.05, 0.1) is 6.33 Å². The van der Waals surface area contributed by atoms with Crippen LogP contribution in [0.25, 0.3) is 0 Å². The Labute approximate surface area is 87.7 Å². The van der Waals surface area contributed by atoms with E-state index in [1.165, 1.54) is 0 Å². The van der Waals surface area contributed by atoms with E-state index in [0.717, 1.165) is 13.0 Å². The van der Waals surface area contributed by atoms with E-state index in [1.54, 1.807) is 12.5 Å². The Hall–Kier alpha value is -2.05. The zero-order chi connectivity index (χ0) is 11.1. The van der Waals surface area contributed by atoms with Crippen molar-refractivity contribution in [1.82, 2.24) is 9.55 Å². The number of nitrogens with zero attached hydrogens (tertiary/aromatic N) is 4. The summed E-state index contributed by atoms with van der Waals surface area (Å²) in [6.45, 7) is 1.43. The van der Waals surface area contributed by atoms with E-state index in [-0.39, 0.29) is 11.9 Å². The first-order valence-electron chi connectivity index (χ1n) is 4.54. The third-order valence-electron chi connectivity index (χ3n) is 1.65. The molecule has 6 N–H and O–H groups in total. The fourth-order valence-electron chi connectivity index (χ4n) is 1.03. The molecule has 0 aromatic carbocycles. The molecule has 0 amide bonds. The van der Waals surface area contributed by atoms with E-state index < -0.39 is 0 Å². The molecule has 0 aliphatic heterocycles. The third kappa shape index (κ3) is 4.65. The summed E-state index contributed by atoms with van der Waals surface area (Å²) in [6, 6.07) is 0. The second-order valence-corrected chi connectivity index (χ2v) is 2.93. The lowest BCUT2D eigenvalue weighted by atomic mass is 10.4. The zero-order valence-electron chi connectivity index (χ0n) is 8.37. The van der Waals surface area contributed by atoms with Crippen molar-refractivity contribution in [3.8, 4) is 0 Å². The second-order valence-electron chi connectivity index (χ2n) is 2.93. The van der Waals surface area contributed by atoms with Gasteiger partial charge in [-0.05, 0) is 6.42 Å². The molecule has 0 radical (unpaired) electrons. The molecule has 0 aliphatic carbocycles. The molecule has 0 saturated heterocycles. The van der Waals surface area contributed by atoms with Gasteiger partial charge in [-0.2, -0.15) is 4.99 Å². The average molecular weight is 209 g/mol. The van der Waals surface area contributed by atoms with Crippen LogP contribution >= 0.6 is 0 Å². The lowest BCUT2D eigenvalue weighted by molar-refractivity contribution is 0.650. The molecule has 1 aromatic heterocycles. The van der Waals surface area contributed by atoms with Gasteiger partial charge in [-0.25, -0.2) is 4.98 Å². The highest BCUT2D eigenvalue weighted by atomic mass is 15.1. The van der Waals surface area contributed by atoms with Crippen LogP contribution in [-0.2, 0) is 6.54 Å². The highest BCUT2D eigenvalue weighted by molar-refractivity contribution is 5.92. The predicted molar refractivity (Wildman–Crippen MR) is 59.1 cm³/mol. The molecule has 0 spiro atoms. The van der Waals surface area contributed by atoms with Gasteiger partial charge in [0.2, 0.25) is 5.96 Å². The lowest BCUT2D eigenvalue weighted by Crippen LogP contribution is -2.26. The number of imidazole rings is 1. The maximum Gasteiger partial charge on any atom is 0.218 e. The van der Waals surface area contributed by atoms with E-state index in [4.69, 9.17) is 17.2 Å². The van der Waals surface area contributed by atoms with E-state index in [9.17, 15) is 0 Å². The first kappa shape index (κ1) is 11.0. The average Bonchev–Trinajstić information content (AvgIpc) is 2.63. The van der Waals surface area contributed by atoms with Gasteiger partial charge in [-0.1, -0.05) is 0 Å². The van der Waals surface area contributed by atoms with Crippen LogP contribution in [0.4, 0.5) is 0 Å². The van der Waals surface area contributed by atoms with Gasteiger partial charge in [0.1, 0.15) is 0 Å². The minimum Gasteiger partial charge on any atom is -0.370 e. The van der Waals surface area contributed by atoms with Crippen LogP contribution in [0.15, 0.2) is 28.7 Å². The van der Waals surface area contributed by atoms with Gasteiger partial charge in [0.15, 0.2) is 5.96 Å². The first-order chi connectivity index (χ1) is 7.18. The van der Waals surface area contributed by atoms with Crippen LogP contribution in [0.1, 0.15) is 6.42 Å². The molecule has 7 nitrogen and oxygen atoms in total. The summed E-state index contributed by atoms with van der Waals surface area (Å²) in [7, 11) is 0. The molecule has 0 saturated carbocycles. The van der Waals surface area contributed by atoms with Crippen molar-refractivity contribution in [2.75, 3.05) is 6.54 Å². The van der Waals surface area contributed by atoms with Crippen molar-refractivity contribution in [3.05, 3.63) is 18.7 Å².